The zero-order valence-electron chi connectivity index (χ0n) is 32.8. The highest BCUT2D eigenvalue weighted by Gasteiger charge is 2.44. The van der Waals surface area contributed by atoms with Gasteiger partial charge in [-0.3, -0.25) is 4.48 Å². The van der Waals surface area contributed by atoms with Crippen molar-refractivity contribution in [1.82, 2.24) is 4.98 Å². The first-order valence-corrected chi connectivity index (χ1v) is 19.3. The number of pyridine rings is 2. The zero-order chi connectivity index (χ0) is 37.3. The Bertz CT molecular complexity index is 2460. The Morgan fingerprint density at radius 2 is 1.60 bits per heavy atom. The fourth-order valence-electron chi connectivity index (χ4n) is 9.11. The van der Waals surface area contributed by atoms with Gasteiger partial charge >= 0.3 is 0 Å². The lowest BCUT2D eigenvalue weighted by atomic mass is 9.77. The third-order valence-electron chi connectivity index (χ3n) is 12.0. The van der Waals surface area contributed by atoms with Gasteiger partial charge in [0.2, 0.25) is 11.4 Å². The average Bonchev–Trinajstić information content (AvgIpc) is 3.50. The molecule has 2 atom stereocenters. The van der Waals surface area contributed by atoms with Crippen molar-refractivity contribution in [3.8, 4) is 22.5 Å². The molecular formula is C49H53N3O+2. The largest absolute Gasteiger partial charge is 0.437 e. The van der Waals surface area contributed by atoms with E-state index < -0.39 is 0 Å². The number of aryl methyl sites for hydroxylation is 2. The predicted molar refractivity (Wildman–Crippen MR) is 221 cm³/mol. The molecule has 3 aromatic carbocycles. The summed E-state index contributed by atoms with van der Waals surface area (Å²) < 4.78 is 10.1. The van der Waals surface area contributed by atoms with Crippen LogP contribution in [0, 0.1) is 6.92 Å². The normalized spacial score (nSPS) is 19.0. The molecule has 5 heterocycles. The van der Waals surface area contributed by atoms with Gasteiger partial charge in [-0.05, 0) is 85.2 Å². The first kappa shape index (κ1) is 35.0. The molecule has 2 aliphatic heterocycles. The van der Waals surface area contributed by atoms with Crippen LogP contribution in [-0.2, 0) is 6.42 Å². The number of furan rings is 1. The number of aromatic nitrogens is 2. The molecule has 2 unspecified atom stereocenters. The van der Waals surface area contributed by atoms with Crippen LogP contribution in [0.25, 0.3) is 50.3 Å². The summed E-state index contributed by atoms with van der Waals surface area (Å²) in [5, 5.41) is 2.13. The summed E-state index contributed by atoms with van der Waals surface area (Å²) in [6.07, 6.45) is 7.38. The van der Waals surface area contributed by atoms with Crippen LogP contribution in [0.1, 0.15) is 105 Å². The molecular weight excluding hydrogens is 647 g/mol. The fourth-order valence-corrected chi connectivity index (χ4v) is 9.11. The first-order valence-electron chi connectivity index (χ1n) is 19.3. The van der Waals surface area contributed by atoms with E-state index in [0.29, 0.717) is 28.0 Å². The lowest BCUT2D eigenvalue weighted by Crippen LogP contribution is -2.49. The van der Waals surface area contributed by atoms with Crippen LogP contribution >= 0.6 is 0 Å². The highest BCUT2D eigenvalue weighted by atomic mass is 16.3. The van der Waals surface area contributed by atoms with Gasteiger partial charge in [0.15, 0.2) is 17.8 Å². The molecule has 0 amide bonds. The van der Waals surface area contributed by atoms with Crippen molar-refractivity contribution < 1.29 is 13.5 Å². The summed E-state index contributed by atoms with van der Waals surface area (Å²) in [5.74, 6) is 1.04. The van der Waals surface area contributed by atoms with Crippen LogP contribution in [0.15, 0.2) is 120 Å². The van der Waals surface area contributed by atoms with Crippen LogP contribution in [0.4, 0.5) is 0 Å². The van der Waals surface area contributed by atoms with E-state index in [1.807, 2.05) is 0 Å². The van der Waals surface area contributed by atoms with E-state index in [4.69, 9.17) is 16.0 Å². The third kappa shape index (κ3) is 5.79. The Balaban J connectivity index is 1.35. The second-order valence-electron chi connectivity index (χ2n) is 16.6. The molecule has 0 radical (unpaired) electrons. The zero-order valence-corrected chi connectivity index (χ0v) is 32.8. The van der Waals surface area contributed by atoms with Crippen LogP contribution < -0.4 is 4.57 Å². The molecule has 0 saturated carbocycles. The molecule has 268 valence electrons. The van der Waals surface area contributed by atoms with Crippen LogP contribution in [0.3, 0.4) is 0 Å². The lowest BCUT2D eigenvalue weighted by Gasteiger charge is -2.38. The second kappa shape index (κ2) is 13.1. The Hall–Kier alpha value is -5.06. The quantitative estimate of drug-likeness (QED) is 0.135. The molecule has 53 heavy (non-hydrogen) atoms. The van der Waals surface area contributed by atoms with Gasteiger partial charge in [-0.1, -0.05) is 88.4 Å². The molecule has 0 N–H and O–H groups in total. The number of hydrogen-bond donors (Lipinski definition) is 0. The van der Waals surface area contributed by atoms with Crippen molar-refractivity contribution in [2.45, 2.75) is 84.6 Å². The minimum absolute atomic E-state index is 0.280. The van der Waals surface area contributed by atoms with Gasteiger partial charge in [-0.25, -0.2) is 4.98 Å². The molecule has 6 aromatic rings. The van der Waals surface area contributed by atoms with Gasteiger partial charge in [0.05, 0.1) is 31.3 Å². The van der Waals surface area contributed by atoms with Gasteiger partial charge in [0.1, 0.15) is 11.4 Å². The summed E-state index contributed by atoms with van der Waals surface area (Å²) in [7, 11) is 4.57. The Morgan fingerprint density at radius 1 is 0.887 bits per heavy atom. The van der Waals surface area contributed by atoms with Crippen molar-refractivity contribution >= 4 is 27.8 Å². The van der Waals surface area contributed by atoms with E-state index in [1.165, 1.54) is 44.6 Å². The van der Waals surface area contributed by atoms with Gasteiger partial charge < -0.3 is 4.42 Å². The van der Waals surface area contributed by atoms with Gasteiger partial charge in [0, 0.05) is 52.4 Å². The standard InChI is InChI=1S/C49H53N3O/c1-29(2)26-45-46-34(19-21-39-40-22-23-42(50-49(40)53-48(39)46)47-35(30(3)4)16-13-17-36(47)31(5)6)20-25-44-41(27-33(8)52(45,9)10)37-14-11-12-15-38(37)43-24-18-32(7)28-51(43)44/h11-19,21-24,26,28,30-31,41,44H,1,8,20,25,27H2,2-7,9-10H3/q+2/b45-26-. The minimum atomic E-state index is 0.280. The highest BCUT2D eigenvalue weighted by Crippen LogP contribution is 2.48. The maximum absolute atomic E-state index is 7.02. The first-order chi connectivity index (χ1) is 25.3. The highest BCUT2D eigenvalue weighted by molar-refractivity contribution is 6.08. The number of benzene rings is 3. The van der Waals surface area contributed by atoms with Crippen molar-refractivity contribution in [3.63, 3.8) is 0 Å². The second-order valence-corrected chi connectivity index (χ2v) is 16.6. The summed E-state index contributed by atoms with van der Waals surface area (Å²) in [5.41, 5.74) is 17.5. The number of quaternary nitrogens is 1. The van der Waals surface area contributed by atoms with E-state index in [9.17, 15) is 0 Å². The van der Waals surface area contributed by atoms with Crippen molar-refractivity contribution in [2.24, 2.45) is 0 Å². The van der Waals surface area contributed by atoms with E-state index in [-0.39, 0.29) is 6.04 Å². The Kier molecular flexibility index (Phi) is 8.65. The van der Waals surface area contributed by atoms with E-state index >= 15 is 0 Å². The van der Waals surface area contributed by atoms with Crippen LogP contribution in [0.2, 0.25) is 0 Å². The molecule has 0 fully saturated rings. The molecule has 0 bridgehead atoms. The van der Waals surface area contributed by atoms with Gasteiger partial charge in [-0.15, -0.1) is 0 Å². The van der Waals surface area contributed by atoms with Gasteiger partial charge in [0.25, 0.3) is 0 Å². The minimum Gasteiger partial charge on any atom is -0.437 e. The summed E-state index contributed by atoms with van der Waals surface area (Å²) >= 11 is 0. The number of hydrogen-bond acceptors (Lipinski definition) is 2. The molecule has 0 aliphatic carbocycles. The average molecular weight is 700 g/mol. The van der Waals surface area contributed by atoms with Gasteiger partial charge in [-0.2, -0.15) is 4.57 Å². The summed E-state index contributed by atoms with van der Waals surface area (Å²) in [6, 6.07) is 29.5. The molecule has 4 heteroatoms. The topological polar surface area (TPSA) is 29.9 Å². The number of rotatable bonds is 4. The molecule has 3 aromatic heterocycles. The molecule has 0 saturated heterocycles. The third-order valence-corrected chi connectivity index (χ3v) is 12.0. The maximum Gasteiger partial charge on any atom is 0.227 e. The molecule has 0 spiro atoms. The molecule has 8 rings (SSSR count). The lowest BCUT2D eigenvalue weighted by molar-refractivity contribution is -0.780. The monoisotopic (exact) mass is 699 g/mol. The van der Waals surface area contributed by atoms with Crippen molar-refractivity contribution in [3.05, 3.63) is 149 Å². The van der Waals surface area contributed by atoms with E-state index in [2.05, 4.69) is 158 Å². The van der Waals surface area contributed by atoms with Crippen molar-refractivity contribution in [1.29, 1.82) is 0 Å². The van der Waals surface area contributed by atoms with Crippen molar-refractivity contribution in [2.75, 3.05) is 14.1 Å². The predicted octanol–water partition coefficient (Wildman–Crippen LogP) is 12.3. The SMILES string of the molecule is C=C(C)/C=C1/c2c(ccc3c2oc2nc(-c4c(C(C)C)cccc4C(C)C)ccc23)CCC2C(CC(=C)[N+]1(C)C)c1ccccc1-c1ccc(C)c[n+]12. The smallest absolute Gasteiger partial charge is 0.227 e. The maximum atomic E-state index is 7.02. The van der Waals surface area contributed by atoms with E-state index in [0.717, 1.165) is 63.8 Å². The van der Waals surface area contributed by atoms with Crippen LogP contribution in [-0.4, -0.2) is 23.6 Å². The fraction of sp³-hybridized carbons (Fsp3) is 0.306. The number of fused-ring (bicyclic) bond motifs is 11. The Labute approximate surface area is 315 Å². The van der Waals surface area contributed by atoms with Crippen LogP contribution in [0.5, 0.6) is 0 Å². The number of nitrogens with zero attached hydrogens (tertiary/aromatic N) is 3. The molecule has 4 nitrogen and oxygen atoms in total. The molecule has 2 aliphatic rings. The Morgan fingerprint density at radius 3 is 2.32 bits per heavy atom. The summed E-state index contributed by atoms with van der Waals surface area (Å²) in [4.78, 5) is 5.31. The number of allylic oxidation sites excluding steroid dienone is 3. The van der Waals surface area contributed by atoms with E-state index in [1.54, 1.807) is 0 Å². The summed E-state index contributed by atoms with van der Waals surface area (Å²) in [6.45, 7) is 22.6.